The number of Topliss-reactive ketones (excluding diaryl/α,β-unsaturated/α-hetero) is 1. The van der Waals surface area contributed by atoms with Gasteiger partial charge < -0.3 is 5.11 Å². The van der Waals surface area contributed by atoms with Crippen molar-refractivity contribution in [2.24, 2.45) is 0 Å². The summed E-state index contributed by atoms with van der Waals surface area (Å²) >= 11 is 0. The smallest absolute Gasteiger partial charge is 0.163 e. The molecule has 0 atom stereocenters. The molecule has 0 fully saturated rings. The van der Waals surface area contributed by atoms with Gasteiger partial charge >= 0.3 is 0 Å². The highest BCUT2D eigenvalue weighted by molar-refractivity contribution is 5.97. The van der Waals surface area contributed by atoms with E-state index in [0.717, 1.165) is 0 Å². The zero-order valence-electron chi connectivity index (χ0n) is 7.92. The van der Waals surface area contributed by atoms with Gasteiger partial charge in [0.25, 0.3) is 0 Å². The van der Waals surface area contributed by atoms with Crippen molar-refractivity contribution < 1.29 is 9.90 Å². The molecule has 0 spiro atoms. The summed E-state index contributed by atoms with van der Waals surface area (Å²) in [6.45, 7) is 12.0. The number of ketones is 1. The van der Waals surface area contributed by atoms with Crippen molar-refractivity contribution >= 4 is 5.78 Å². The van der Waals surface area contributed by atoms with Crippen LogP contribution in [0, 0.1) is 0 Å². The fourth-order valence-electron chi connectivity index (χ4n) is 0.535. The lowest BCUT2D eigenvalue weighted by molar-refractivity contribution is -0.113. The van der Waals surface area contributed by atoms with E-state index in [9.17, 15) is 4.79 Å². The maximum Gasteiger partial charge on any atom is 0.163 e. The summed E-state index contributed by atoms with van der Waals surface area (Å²) in [4.78, 5) is 10.6. The lowest BCUT2D eigenvalue weighted by atomic mass is 10.1. The molecular weight excluding hydrogens is 152 g/mol. The SMILES string of the molecule is C=C/C=C(\C(=C)O)C(C)=O.CC. The van der Waals surface area contributed by atoms with Crippen molar-refractivity contribution in [2.75, 3.05) is 0 Å². The summed E-state index contributed by atoms with van der Waals surface area (Å²) in [5.74, 6) is -0.431. The van der Waals surface area contributed by atoms with Crippen LogP contribution >= 0.6 is 0 Å². The first-order chi connectivity index (χ1) is 5.59. The predicted octanol–water partition coefficient (Wildman–Crippen LogP) is 2.79. The van der Waals surface area contributed by atoms with E-state index in [2.05, 4.69) is 13.2 Å². The predicted molar refractivity (Wildman–Crippen MR) is 52.1 cm³/mol. The first kappa shape index (κ1) is 13.3. The number of carbonyl (C=O) groups excluding carboxylic acids is 1. The first-order valence-corrected chi connectivity index (χ1v) is 3.81. The normalized spacial score (nSPS) is 9.42. The van der Waals surface area contributed by atoms with Crippen molar-refractivity contribution in [3.8, 4) is 0 Å². The summed E-state index contributed by atoms with van der Waals surface area (Å²) in [7, 11) is 0. The van der Waals surface area contributed by atoms with Crippen LogP contribution in [-0.4, -0.2) is 10.9 Å². The number of aliphatic hydroxyl groups is 1. The third-order valence-corrected chi connectivity index (χ3v) is 0.975. The van der Waals surface area contributed by atoms with Gasteiger partial charge in [-0.1, -0.05) is 33.1 Å². The number of hydrogen-bond acceptors (Lipinski definition) is 2. The minimum atomic E-state index is -0.215. The van der Waals surface area contributed by atoms with Crippen molar-refractivity contribution in [1.82, 2.24) is 0 Å². The summed E-state index contributed by atoms with van der Waals surface area (Å²) in [5.41, 5.74) is 0.204. The second-order valence-corrected chi connectivity index (χ2v) is 1.82. The zero-order valence-corrected chi connectivity index (χ0v) is 7.92. The second-order valence-electron chi connectivity index (χ2n) is 1.82. The molecular formula is C10H16O2. The van der Waals surface area contributed by atoms with Gasteiger partial charge in [-0.25, -0.2) is 0 Å². The standard InChI is InChI=1S/C8H10O2.C2H6/c1-4-5-8(6(2)9)7(3)10;1-2/h4-5,9H,1-2H2,3H3;1-2H3/b8-5+;. The molecule has 0 rings (SSSR count). The Morgan fingerprint density at radius 1 is 1.42 bits per heavy atom. The van der Waals surface area contributed by atoms with E-state index in [0.29, 0.717) is 0 Å². The monoisotopic (exact) mass is 168 g/mol. The Balaban J connectivity index is 0. The Labute approximate surface area is 73.9 Å². The van der Waals surface area contributed by atoms with Gasteiger partial charge in [-0.2, -0.15) is 0 Å². The van der Waals surface area contributed by atoms with E-state index in [4.69, 9.17) is 5.11 Å². The molecule has 0 aliphatic rings. The van der Waals surface area contributed by atoms with E-state index >= 15 is 0 Å². The third-order valence-electron chi connectivity index (χ3n) is 0.975. The topological polar surface area (TPSA) is 37.3 Å². The molecule has 0 amide bonds. The quantitative estimate of drug-likeness (QED) is 0.399. The van der Waals surface area contributed by atoms with Crippen LogP contribution in [0.5, 0.6) is 0 Å². The molecule has 2 nitrogen and oxygen atoms in total. The Kier molecular flexibility index (Phi) is 8.63. The van der Waals surface area contributed by atoms with E-state index < -0.39 is 0 Å². The van der Waals surface area contributed by atoms with Gasteiger partial charge in [0.05, 0.1) is 5.57 Å². The van der Waals surface area contributed by atoms with Crippen LogP contribution in [0.1, 0.15) is 20.8 Å². The van der Waals surface area contributed by atoms with Crippen LogP contribution in [0.15, 0.2) is 36.6 Å². The summed E-state index contributed by atoms with van der Waals surface area (Å²) < 4.78 is 0. The van der Waals surface area contributed by atoms with Crippen LogP contribution in [-0.2, 0) is 4.79 Å². The van der Waals surface area contributed by atoms with Crippen LogP contribution in [0.3, 0.4) is 0 Å². The summed E-state index contributed by atoms with van der Waals surface area (Å²) in [6.07, 6.45) is 2.85. The molecule has 0 unspecified atom stereocenters. The summed E-state index contributed by atoms with van der Waals surface area (Å²) in [6, 6.07) is 0. The van der Waals surface area contributed by atoms with Gasteiger partial charge in [-0.15, -0.1) is 0 Å². The Hall–Kier alpha value is -1.31. The number of aliphatic hydroxyl groups excluding tert-OH is 1. The van der Waals surface area contributed by atoms with Crippen LogP contribution in [0.25, 0.3) is 0 Å². The van der Waals surface area contributed by atoms with E-state index in [-0.39, 0.29) is 17.1 Å². The fraction of sp³-hybridized carbons (Fsp3) is 0.300. The van der Waals surface area contributed by atoms with Gasteiger partial charge in [-0.3, -0.25) is 4.79 Å². The number of hydrogen-bond donors (Lipinski definition) is 1. The van der Waals surface area contributed by atoms with E-state index in [1.807, 2.05) is 13.8 Å². The third kappa shape index (κ3) is 5.47. The van der Waals surface area contributed by atoms with Crippen LogP contribution < -0.4 is 0 Å². The summed E-state index contributed by atoms with van der Waals surface area (Å²) in [5, 5.41) is 8.78. The highest BCUT2D eigenvalue weighted by Gasteiger charge is 2.03. The molecule has 0 saturated heterocycles. The molecule has 0 aliphatic carbocycles. The minimum Gasteiger partial charge on any atom is -0.508 e. The number of allylic oxidation sites excluding steroid dienone is 3. The Morgan fingerprint density at radius 3 is 1.92 bits per heavy atom. The van der Waals surface area contributed by atoms with Crippen molar-refractivity contribution in [3.05, 3.63) is 36.6 Å². The molecule has 1 N–H and O–H groups in total. The molecule has 2 heteroatoms. The van der Waals surface area contributed by atoms with Gasteiger partial charge in [0.1, 0.15) is 5.76 Å². The van der Waals surface area contributed by atoms with Crippen LogP contribution in [0.4, 0.5) is 0 Å². The second kappa shape index (κ2) is 7.79. The molecule has 0 aromatic rings. The van der Waals surface area contributed by atoms with Gasteiger partial charge in [0, 0.05) is 0 Å². The van der Waals surface area contributed by atoms with Gasteiger partial charge in [-0.05, 0) is 13.0 Å². The number of rotatable bonds is 3. The Morgan fingerprint density at radius 2 is 1.83 bits per heavy atom. The highest BCUT2D eigenvalue weighted by Crippen LogP contribution is 2.04. The molecule has 0 heterocycles. The molecule has 0 aliphatic heterocycles. The zero-order chi connectivity index (χ0) is 10.1. The number of carbonyl (C=O) groups is 1. The van der Waals surface area contributed by atoms with Gasteiger partial charge in [0.2, 0.25) is 0 Å². The minimum absolute atomic E-state index is 0.204. The Bertz CT molecular complexity index is 184. The lowest BCUT2D eigenvalue weighted by Crippen LogP contribution is -1.97. The maximum atomic E-state index is 10.6. The maximum absolute atomic E-state index is 10.6. The first-order valence-electron chi connectivity index (χ1n) is 3.81. The highest BCUT2D eigenvalue weighted by atomic mass is 16.3. The van der Waals surface area contributed by atoms with Gasteiger partial charge in [0.15, 0.2) is 5.78 Å². The molecule has 0 saturated carbocycles. The fourth-order valence-corrected chi connectivity index (χ4v) is 0.535. The molecule has 0 bridgehead atoms. The van der Waals surface area contributed by atoms with Crippen LogP contribution in [0.2, 0.25) is 0 Å². The van der Waals surface area contributed by atoms with Crippen molar-refractivity contribution in [3.63, 3.8) is 0 Å². The molecule has 68 valence electrons. The molecule has 0 radical (unpaired) electrons. The molecule has 0 aromatic heterocycles. The van der Waals surface area contributed by atoms with E-state index in [1.54, 1.807) is 0 Å². The average molecular weight is 168 g/mol. The molecule has 12 heavy (non-hydrogen) atoms. The largest absolute Gasteiger partial charge is 0.508 e. The molecule has 0 aromatic carbocycles. The lowest BCUT2D eigenvalue weighted by Gasteiger charge is -1.96. The average Bonchev–Trinajstić information content (AvgIpc) is 2.03. The van der Waals surface area contributed by atoms with E-state index in [1.165, 1.54) is 19.1 Å². The van der Waals surface area contributed by atoms with Crippen molar-refractivity contribution in [2.45, 2.75) is 20.8 Å². The van der Waals surface area contributed by atoms with Crippen molar-refractivity contribution in [1.29, 1.82) is 0 Å².